The average molecular weight is 1110 g/mol. The van der Waals surface area contributed by atoms with Crippen LogP contribution in [0.2, 0.25) is 0 Å². The molecule has 2 saturated heterocycles. The van der Waals surface area contributed by atoms with E-state index in [0.717, 1.165) is 5.56 Å². The standard InChI is InChI=1S/C52H73N11O16/c1-4-53-51(77)49-57-56-48(37-26-36(32(2)3)40(64)27-41(37)65)63(49)35-7-5-33(6-8-35)25-34-13-15-62(16-14-34)43(67)28-54-50(76)38(9-12-44(68)69)55-42(66)11-10-39(52(78)79)61-23-21-59(30-46(72)73)19-17-58(29-45(70)71)18-20-60(22-24-61)31-47(74)75/h5-8,26-27,32,34,38-39,64-65H,4,9-25,28-31H2,1-3H3,(H,53,77)(H,54,76)(H,55,66)(H,68,69)(H,70,71)(H,72,73)(H,74,75)(H,78,79)/t38-,39+/m0/s1. The van der Waals surface area contributed by atoms with E-state index < -0.39 is 98.0 Å². The van der Waals surface area contributed by atoms with Crippen LogP contribution in [0, 0.1) is 5.92 Å². The van der Waals surface area contributed by atoms with Gasteiger partial charge in [0.15, 0.2) is 5.82 Å². The molecule has 432 valence electrons. The zero-order chi connectivity index (χ0) is 57.9. The number of hydrogen-bond donors (Lipinski definition) is 10. The molecule has 0 radical (unpaired) electrons. The summed E-state index contributed by atoms with van der Waals surface area (Å²) in [5.41, 5.74) is 2.39. The SMILES string of the molecule is CCNC(=O)c1nnc(-c2cc(C(C)C)c(O)cc2O)n1-c1ccc(CC2CCN(C(=O)CNC(=O)[C@H](CCC(=O)O)NC(=O)CC[C@H](C(=O)O)N3CCN(CC(=O)O)CCN(CC(=O)O)CCN(CC(=O)O)CC3)CC2)cc1. The highest BCUT2D eigenvalue weighted by Crippen LogP contribution is 2.38. The van der Waals surface area contributed by atoms with Gasteiger partial charge in [0.25, 0.3) is 5.91 Å². The van der Waals surface area contributed by atoms with Crippen molar-refractivity contribution in [2.24, 2.45) is 5.92 Å². The molecule has 3 heterocycles. The number of benzene rings is 2. The Morgan fingerprint density at radius 1 is 0.658 bits per heavy atom. The lowest BCUT2D eigenvalue weighted by molar-refractivity contribution is -0.145. The molecule has 79 heavy (non-hydrogen) atoms. The number of amides is 4. The highest BCUT2D eigenvalue weighted by atomic mass is 16.4. The van der Waals surface area contributed by atoms with Gasteiger partial charge in [-0.1, -0.05) is 26.0 Å². The minimum Gasteiger partial charge on any atom is -0.508 e. The summed E-state index contributed by atoms with van der Waals surface area (Å²) in [6.45, 7) is 5.46. The van der Waals surface area contributed by atoms with Crippen LogP contribution < -0.4 is 16.0 Å². The number of aromatic hydroxyl groups is 2. The number of carboxylic acids is 5. The molecule has 27 heteroatoms. The normalized spacial score (nSPS) is 16.5. The summed E-state index contributed by atoms with van der Waals surface area (Å²) in [6, 6.07) is 7.57. The van der Waals surface area contributed by atoms with E-state index in [0.29, 0.717) is 50.1 Å². The van der Waals surface area contributed by atoms with E-state index >= 15 is 0 Å². The Morgan fingerprint density at radius 2 is 1.22 bits per heavy atom. The van der Waals surface area contributed by atoms with Crippen LogP contribution in [-0.2, 0) is 44.8 Å². The van der Waals surface area contributed by atoms with Crippen molar-refractivity contribution in [3.05, 3.63) is 53.3 Å². The number of hydrogen-bond acceptors (Lipinski definition) is 17. The van der Waals surface area contributed by atoms with Gasteiger partial charge in [-0.25, -0.2) is 0 Å². The van der Waals surface area contributed by atoms with E-state index in [1.165, 1.54) is 20.8 Å². The first-order chi connectivity index (χ1) is 37.5. The van der Waals surface area contributed by atoms with Crippen LogP contribution in [0.4, 0.5) is 0 Å². The molecule has 2 atom stereocenters. The fourth-order valence-electron chi connectivity index (χ4n) is 9.67. The van der Waals surface area contributed by atoms with Crippen molar-refractivity contribution in [2.45, 2.75) is 83.7 Å². The summed E-state index contributed by atoms with van der Waals surface area (Å²) >= 11 is 0. The molecule has 5 rings (SSSR count). The number of nitrogens with one attached hydrogen (secondary N) is 3. The Morgan fingerprint density at radius 3 is 1.72 bits per heavy atom. The minimum atomic E-state index is -1.40. The highest BCUT2D eigenvalue weighted by Gasteiger charge is 2.31. The molecule has 4 amide bonds. The first-order valence-corrected chi connectivity index (χ1v) is 26.3. The van der Waals surface area contributed by atoms with Crippen molar-refractivity contribution in [1.29, 1.82) is 0 Å². The Labute approximate surface area is 456 Å². The molecular weight excluding hydrogens is 1030 g/mol. The van der Waals surface area contributed by atoms with Crippen molar-refractivity contribution in [2.75, 3.05) is 98.2 Å². The maximum atomic E-state index is 13.5. The summed E-state index contributed by atoms with van der Waals surface area (Å²) in [5, 5.41) is 86.0. The minimum absolute atomic E-state index is 0.00134. The lowest BCUT2D eigenvalue weighted by Gasteiger charge is -2.35. The highest BCUT2D eigenvalue weighted by molar-refractivity contribution is 5.93. The van der Waals surface area contributed by atoms with Crippen LogP contribution in [0.15, 0.2) is 36.4 Å². The number of piperidine rings is 1. The van der Waals surface area contributed by atoms with Crippen LogP contribution in [0.5, 0.6) is 11.5 Å². The van der Waals surface area contributed by atoms with Crippen molar-refractivity contribution in [3.63, 3.8) is 0 Å². The molecule has 3 aromatic rings. The van der Waals surface area contributed by atoms with E-state index in [2.05, 4.69) is 26.1 Å². The number of aliphatic carboxylic acids is 5. The average Bonchev–Trinajstić information content (AvgIpc) is 3.91. The summed E-state index contributed by atoms with van der Waals surface area (Å²) in [4.78, 5) is 120. The number of carbonyl (C=O) groups excluding carboxylic acids is 4. The lowest BCUT2D eigenvalue weighted by atomic mass is 9.90. The first-order valence-electron chi connectivity index (χ1n) is 26.3. The van der Waals surface area contributed by atoms with Crippen molar-refractivity contribution in [1.82, 2.24) is 55.2 Å². The Bertz CT molecular complexity index is 2610. The number of nitrogens with zero attached hydrogens (tertiary/aromatic N) is 8. The topological polar surface area (TPSA) is 378 Å². The van der Waals surface area contributed by atoms with Gasteiger partial charge in [0, 0.05) is 96.6 Å². The van der Waals surface area contributed by atoms with Gasteiger partial charge in [-0.2, -0.15) is 0 Å². The summed E-state index contributed by atoms with van der Waals surface area (Å²) in [5.74, 6) is -8.54. The summed E-state index contributed by atoms with van der Waals surface area (Å²) in [7, 11) is 0. The van der Waals surface area contributed by atoms with Crippen LogP contribution in [0.25, 0.3) is 17.1 Å². The molecule has 10 N–H and O–H groups in total. The van der Waals surface area contributed by atoms with Crippen molar-refractivity contribution in [3.8, 4) is 28.6 Å². The second kappa shape index (κ2) is 29.8. The number of carboxylic acid groups (broad SMARTS) is 5. The molecular formula is C52H73N11O16. The van der Waals surface area contributed by atoms with Crippen LogP contribution in [0.3, 0.4) is 0 Å². The van der Waals surface area contributed by atoms with Gasteiger partial charge in [-0.15, -0.1) is 10.2 Å². The van der Waals surface area contributed by atoms with Crippen molar-refractivity contribution >= 4 is 53.5 Å². The van der Waals surface area contributed by atoms with E-state index in [4.69, 9.17) is 0 Å². The third kappa shape index (κ3) is 19.0. The fraction of sp³-hybridized carbons (Fsp3) is 0.558. The number of carbonyl (C=O) groups is 9. The maximum Gasteiger partial charge on any atom is 0.320 e. The molecule has 2 aliphatic rings. The quantitative estimate of drug-likeness (QED) is 0.0541. The molecule has 0 spiro atoms. The molecule has 2 fully saturated rings. The van der Waals surface area contributed by atoms with Gasteiger partial charge >= 0.3 is 29.8 Å². The van der Waals surface area contributed by atoms with E-state index in [-0.39, 0.29) is 112 Å². The molecule has 0 unspecified atom stereocenters. The number of phenols is 2. The third-order valence-electron chi connectivity index (χ3n) is 13.9. The second-order valence-electron chi connectivity index (χ2n) is 20.0. The molecule has 0 aliphatic carbocycles. The lowest BCUT2D eigenvalue weighted by Crippen LogP contribution is -2.52. The molecule has 2 aromatic carbocycles. The largest absolute Gasteiger partial charge is 0.508 e. The van der Waals surface area contributed by atoms with Crippen LogP contribution in [-0.4, -0.2) is 239 Å². The van der Waals surface area contributed by atoms with Gasteiger partial charge in [0.2, 0.25) is 23.5 Å². The summed E-state index contributed by atoms with van der Waals surface area (Å²) < 4.78 is 1.54. The molecule has 0 bridgehead atoms. The van der Waals surface area contributed by atoms with E-state index in [1.54, 1.807) is 27.4 Å². The predicted octanol–water partition coefficient (Wildman–Crippen LogP) is 0.174. The summed E-state index contributed by atoms with van der Waals surface area (Å²) in [6.07, 6.45) is 0.311. The van der Waals surface area contributed by atoms with E-state index in [9.17, 15) is 78.9 Å². The van der Waals surface area contributed by atoms with Gasteiger partial charge in [0.1, 0.15) is 23.6 Å². The number of aromatic nitrogens is 3. The number of rotatable bonds is 25. The van der Waals surface area contributed by atoms with Gasteiger partial charge in [0.05, 0.1) is 31.7 Å². The molecule has 0 saturated carbocycles. The Balaban J connectivity index is 1.17. The van der Waals surface area contributed by atoms with Crippen molar-refractivity contribution < 1.29 is 78.9 Å². The smallest absolute Gasteiger partial charge is 0.320 e. The predicted molar refractivity (Wildman–Crippen MR) is 281 cm³/mol. The molecule has 2 aliphatic heterocycles. The number of phenolic OH excluding ortho intramolecular Hbond substituents is 2. The zero-order valence-electron chi connectivity index (χ0n) is 44.7. The van der Waals surface area contributed by atoms with E-state index in [1.807, 2.05) is 38.1 Å². The van der Waals surface area contributed by atoms with Crippen LogP contribution in [0.1, 0.15) is 87.0 Å². The Hall–Kier alpha value is -7.75. The fourth-order valence-corrected chi connectivity index (χ4v) is 9.67. The first kappa shape index (κ1) is 62.1. The van der Waals surface area contributed by atoms with Gasteiger partial charge in [-0.05, 0) is 80.2 Å². The van der Waals surface area contributed by atoms with Gasteiger partial charge < -0.3 is 56.6 Å². The van der Waals surface area contributed by atoms with Crippen LogP contribution >= 0.6 is 0 Å². The molecule has 27 nitrogen and oxygen atoms in total. The number of likely N-dealkylation sites (tertiary alicyclic amines) is 1. The second-order valence-corrected chi connectivity index (χ2v) is 20.0. The molecule has 1 aromatic heterocycles. The third-order valence-corrected chi connectivity index (χ3v) is 13.9. The monoisotopic (exact) mass is 1110 g/mol. The Kier molecular flexibility index (Phi) is 23.5. The van der Waals surface area contributed by atoms with Gasteiger partial charge in [-0.3, -0.25) is 67.3 Å². The zero-order valence-corrected chi connectivity index (χ0v) is 44.7. The maximum absolute atomic E-state index is 13.5.